The van der Waals surface area contributed by atoms with E-state index in [1.165, 1.54) is 6.38 Å². The van der Waals surface area contributed by atoms with Gasteiger partial charge in [0, 0.05) is 6.38 Å². The third kappa shape index (κ3) is 47.0. The van der Waals surface area contributed by atoms with Crippen LogP contribution < -0.4 is 19.6 Å². The van der Waals surface area contributed by atoms with Crippen LogP contribution in [0.3, 0.4) is 0 Å². The Labute approximate surface area is 118 Å². The quantitative estimate of drug-likeness (QED) is 0.303. The summed E-state index contributed by atoms with van der Waals surface area (Å²) in [6.07, 6.45) is 1.47. The van der Waals surface area contributed by atoms with Gasteiger partial charge in [-0.3, -0.25) is 0 Å². The van der Waals surface area contributed by atoms with Crippen LogP contribution in [-0.2, 0) is 47.9 Å². The molecule has 0 aromatic rings. The third-order valence-electron chi connectivity index (χ3n) is 0.267. The summed E-state index contributed by atoms with van der Waals surface area (Å²) in [6.45, 7) is 0. The molecule has 0 N–H and O–H groups in total. The smallest absolute Gasteiger partial charge is 0.563 e. The molecule has 0 heterocycles. The van der Waals surface area contributed by atoms with Gasteiger partial charge in [-0.2, -0.15) is 0 Å². The average Bonchev–Trinajstić information content (AvgIpc) is 2.03. The Morgan fingerprint density at radius 1 is 0.706 bits per heavy atom. The Morgan fingerprint density at radius 3 is 0.824 bits per heavy atom. The molecule has 0 amide bonds. The largest absolute Gasteiger partial charge is 4.00 e. The van der Waals surface area contributed by atoms with Gasteiger partial charge in [0.15, 0.2) is 0 Å². The van der Waals surface area contributed by atoms with Crippen molar-refractivity contribution in [1.82, 2.24) is 0 Å². The van der Waals surface area contributed by atoms with Gasteiger partial charge in [0.2, 0.25) is 0 Å². The summed E-state index contributed by atoms with van der Waals surface area (Å²) in [5.74, 6) is 0. The molecule has 0 aromatic heterocycles. The minimum absolute atomic E-state index is 0. The zero-order chi connectivity index (χ0) is 13.7. The Balaban J connectivity index is -0.0000000823. The number of hydrogen-bond donors (Lipinski definition) is 0. The standard InChI is InChI=1S/CH3Cl.Mo.2O5P2/c1-2;;2*1-6(2)5-7(3)4/h1H3;;;/q;+4;;. The van der Waals surface area contributed by atoms with Crippen molar-refractivity contribution < 1.29 is 67.5 Å². The van der Waals surface area contributed by atoms with Crippen LogP contribution in [0.4, 0.5) is 0 Å². The van der Waals surface area contributed by atoms with Gasteiger partial charge >= 0.3 is 54.1 Å². The van der Waals surface area contributed by atoms with Crippen molar-refractivity contribution in [2.75, 3.05) is 6.38 Å². The maximum atomic E-state index is 9.24. The second kappa shape index (κ2) is 19.5. The molecule has 0 bridgehead atoms. The molecule has 0 spiro atoms. The minimum atomic E-state index is -3.24. The van der Waals surface area contributed by atoms with Crippen molar-refractivity contribution >= 4 is 44.6 Å². The normalized spacial score (nSPS) is 11.4. The molecule has 0 fully saturated rings. The van der Waals surface area contributed by atoms with Crippen LogP contribution in [-0.4, -0.2) is 6.38 Å². The number of hydrogen-bond acceptors (Lipinski definition) is 10. The SMILES string of the molecule is CCl.O=[P+]([O-])O[P+](=O)[O-].O=[P+]([O-])O[P+](=O)[O-].[Mo+4]. The molecular formula is CH3ClMoO10P4+4. The maximum Gasteiger partial charge on any atom is 4.00 e. The zero-order valence-electron chi connectivity index (χ0n) is 7.66. The van der Waals surface area contributed by atoms with Gasteiger partial charge in [-0.05, 0) is 18.3 Å². The molecule has 0 rings (SSSR count). The number of alkyl halides is 1. The van der Waals surface area contributed by atoms with E-state index in [1.807, 2.05) is 0 Å². The Kier molecular flexibility index (Phi) is 30.5. The van der Waals surface area contributed by atoms with Gasteiger partial charge in [-0.15, -0.1) is 11.6 Å². The second-order valence-corrected chi connectivity index (χ2v) is 4.15. The molecule has 4 atom stereocenters. The van der Waals surface area contributed by atoms with Crippen LogP contribution in [0.1, 0.15) is 0 Å². The molecule has 0 aliphatic carbocycles. The van der Waals surface area contributed by atoms with Crippen molar-refractivity contribution in [3.05, 3.63) is 0 Å². The fourth-order valence-corrected chi connectivity index (χ4v) is 0.980. The van der Waals surface area contributed by atoms with Crippen LogP contribution in [0.5, 0.6) is 0 Å². The van der Waals surface area contributed by atoms with E-state index in [0.717, 1.165) is 0 Å². The fraction of sp³-hybridized carbons (Fsp3) is 1.00. The first kappa shape index (κ1) is 26.7. The van der Waals surface area contributed by atoms with Gasteiger partial charge < -0.3 is 19.6 Å². The van der Waals surface area contributed by atoms with E-state index in [4.69, 9.17) is 0 Å². The summed E-state index contributed by atoms with van der Waals surface area (Å²) in [5, 5.41) is 0. The Hall–Kier alpha value is 1.14. The van der Waals surface area contributed by atoms with Gasteiger partial charge in [-0.1, -0.05) is 0 Å². The van der Waals surface area contributed by atoms with E-state index in [9.17, 15) is 37.8 Å². The van der Waals surface area contributed by atoms with E-state index >= 15 is 0 Å². The summed E-state index contributed by atoms with van der Waals surface area (Å²) in [4.78, 5) is 37.0. The Bertz CT molecular complexity index is 207. The van der Waals surface area contributed by atoms with E-state index in [2.05, 4.69) is 20.2 Å². The monoisotopic (exact) mass is 432 g/mol. The van der Waals surface area contributed by atoms with Gasteiger partial charge in [0.1, 0.15) is 8.62 Å². The zero-order valence-corrected chi connectivity index (χ0v) is 14.0. The van der Waals surface area contributed by atoms with Crippen molar-refractivity contribution in [2.24, 2.45) is 0 Å². The summed E-state index contributed by atoms with van der Waals surface area (Å²) in [7, 11) is -12.9. The minimum Gasteiger partial charge on any atom is -0.563 e. The predicted octanol–water partition coefficient (Wildman–Crippen LogP) is -1.07. The Morgan fingerprint density at radius 2 is 0.824 bits per heavy atom. The summed E-state index contributed by atoms with van der Waals surface area (Å²) in [5.41, 5.74) is 0. The van der Waals surface area contributed by atoms with Crippen molar-refractivity contribution in [3.8, 4) is 0 Å². The van der Waals surface area contributed by atoms with E-state index in [1.54, 1.807) is 0 Å². The first-order valence-electron chi connectivity index (χ1n) is 2.57. The van der Waals surface area contributed by atoms with E-state index < -0.39 is 33.0 Å². The van der Waals surface area contributed by atoms with E-state index in [0.29, 0.717) is 0 Å². The van der Waals surface area contributed by atoms with Crippen LogP contribution in [0.15, 0.2) is 0 Å². The molecule has 0 aliphatic heterocycles. The molecule has 0 saturated carbocycles. The molecule has 0 aliphatic rings. The second-order valence-electron chi connectivity index (χ2n) is 1.06. The molecule has 0 saturated heterocycles. The van der Waals surface area contributed by atoms with Gasteiger partial charge in [0.25, 0.3) is 0 Å². The molecule has 16 heteroatoms. The van der Waals surface area contributed by atoms with Crippen LogP contribution in [0, 0.1) is 0 Å². The molecule has 0 radical (unpaired) electrons. The fourth-order valence-electron chi connectivity index (χ4n) is 0.109. The molecule has 0 aromatic carbocycles. The molecule has 4 unspecified atom stereocenters. The molecule has 17 heavy (non-hydrogen) atoms. The summed E-state index contributed by atoms with van der Waals surface area (Å²) >= 11 is 4.64. The van der Waals surface area contributed by atoms with Crippen LogP contribution >= 0.6 is 44.6 Å². The van der Waals surface area contributed by atoms with Crippen molar-refractivity contribution in [1.29, 1.82) is 0 Å². The van der Waals surface area contributed by atoms with Gasteiger partial charge in [-0.25, -0.2) is 0 Å². The molecule has 10 nitrogen and oxygen atoms in total. The summed E-state index contributed by atoms with van der Waals surface area (Å²) in [6, 6.07) is 0. The van der Waals surface area contributed by atoms with Gasteiger partial charge in [0.05, 0.1) is 0 Å². The molecular weight excluding hydrogens is 427 g/mol. The molecule has 96 valence electrons. The van der Waals surface area contributed by atoms with Crippen molar-refractivity contribution in [3.63, 3.8) is 0 Å². The topological polar surface area (TPSA) is 179 Å². The summed E-state index contributed by atoms with van der Waals surface area (Å²) < 4.78 is 43.3. The van der Waals surface area contributed by atoms with Crippen molar-refractivity contribution in [2.45, 2.75) is 0 Å². The maximum absolute atomic E-state index is 9.24. The first-order chi connectivity index (χ1) is 7.25. The van der Waals surface area contributed by atoms with E-state index in [-0.39, 0.29) is 21.1 Å². The van der Waals surface area contributed by atoms with Crippen LogP contribution in [0.25, 0.3) is 0 Å². The third-order valence-corrected chi connectivity index (χ3v) is 2.40. The number of rotatable bonds is 4. The van der Waals surface area contributed by atoms with Crippen LogP contribution in [0.2, 0.25) is 0 Å². The number of halogens is 1. The predicted molar refractivity (Wildman–Crippen MR) is 44.4 cm³/mol. The average molecular weight is 430 g/mol. The first-order valence-corrected chi connectivity index (χ1v) is 7.71.